The SMILES string of the molecule is COc1ccc(C(C(=O)Nc2ccc(N(C)C)cc2)N(Cc2ccc(C)cc2)C(=O)CN2C(=O)C(=O)c3ccccc32)cc1. The zero-order chi connectivity index (χ0) is 31.4. The lowest BCUT2D eigenvalue weighted by Gasteiger charge is -2.33. The average Bonchev–Trinajstić information content (AvgIpc) is 3.27. The molecule has 4 aromatic carbocycles. The fraction of sp³-hybridized carbons (Fsp3) is 0.200. The van der Waals surface area contributed by atoms with E-state index in [0.29, 0.717) is 22.7 Å². The van der Waals surface area contributed by atoms with Crippen LogP contribution in [0.3, 0.4) is 0 Å². The molecule has 0 spiro atoms. The summed E-state index contributed by atoms with van der Waals surface area (Å²) in [5.41, 5.74) is 4.56. The standard InChI is InChI=1S/C35H34N4O5/c1-23-9-11-24(12-10-23)21-39(31(40)22-38-30-8-6-5-7-29(30)33(41)35(38)43)32(25-13-19-28(44-4)20-14-25)34(42)36-26-15-17-27(18-16-26)37(2)3/h5-20,32H,21-22H2,1-4H3,(H,36,42). The minimum Gasteiger partial charge on any atom is -0.497 e. The van der Waals surface area contributed by atoms with E-state index < -0.39 is 36.1 Å². The molecule has 3 amide bonds. The molecule has 224 valence electrons. The van der Waals surface area contributed by atoms with E-state index in [1.807, 2.05) is 62.3 Å². The number of Topliss-reactive ketones (excluding diaryl/α,β-unsaturated/α-hetero) is 1. The quantitative estimate of drug-likeness (QED) is 0.261. The number of fused-ring (bicyclic) bond motifs is 1. The van der Waals surface area contributed by atoms with Crippen molar-refractivity contribution in [3.05, 3.63) is 119 Å². The van der Waals surface area contributed by atoms with Gasteiger partial charge >= 0.3 is 0 Å². The van der Waals surface area contributed by atoms with Crippen LogP contribution in [0.5, 0.6) is 5.75 Å². The van der Waals surface area contributed by atoms with Crippen molar-refractivity contribution in [1.29, 1.82) is 0 Å². The molecule has 0 aliphatic carbocycles. The highest BCUT2D eigenvalue weighted by Crippen LogP contribution is 2.31. The number of carbonyl (C=O) groups excluding carboxylic acids is 4. The van der Waals surface area contributed by atoms with Crippen LogP contribution in [0, 0.1) is 6.92 Å². The minimum absolute atomic E-state index is 0.0838. The molecule has 1 unspecified atom stereocenters. The van der Waals surface area contributed by atoms with E-state index in [9.17, 15) is 19.2 Å². The zero-order valence-corrected chi connectivity index (χ0v) is 25.1. The van der Waals surface area contributed by atoms with Gasteiger partial charge in [-0.1, -0.05) is 54.1 Å². The molecule has 0 saturated heterocycles. The molecular weight excluding hydrogens is 556 g/mol. The lowest BCUT2D eigenvalue weighted by atomic mass is 10.0. The smallest absolute Gasteiger partial charge is 0.299 e. The van der Waals surface area contributed by atoms with Gasteiger partial charge in [0.15, 0.2) is 0 Å². The van der Waals surface area contributed by atoms with Crippen molar-refractivity contribution in [3.8, 4) is 5.75 Å². The molecule has 9 heteroatoms. The Morgan fingerprint density at radius 1 is 0.864 bits per heavy atom. The van der Waals surface area contributed by atoms with Crippen molar-refractivity contribution < 1.29 is 23.9 Å². The Morgan fingerprint density at radius 2 is 1.52 bits per heavy atom. The second-order valence-corrected chi connectivity index (χ2v) is 10.9. The number of anilines is 3. The summed E-state index contributed by atoms with van der Waals surface area (Å²) in [6.07, 6.45) is 0. The molecule has 0 aromatic heterocycles. The summed E-state index contributed by atoms with van der Waals surface area (Å²) in [6.45, 7) is 1.64. The average molecular weight is 591 g/mol. The predicted octanol–water partition coefficient (Wildman–Crippen LogP) is 5.01. The van der Waals surface area contributed by atoms with Crippen molar-refractivity contribution in [3.63, 3.8) is 0 Å². The number of rotatable bonds is 10. The highest BCUT2D eigenvalue weighted by atomic mass is 16.5. The van der Waals surface area contributed by atoms with E-state index in [4.69, 9.17) is 4.74 Å². The summed E-state index contributed by atoms with van der Waals surface area (Å²) in [6, 6.07) is 27.5. The Labute approximate surface area is 256 Å². The number of ketones is 1. The van der Waals surface area contributed by atoms with E-state index in [2.05, 4.69) is 5.32 Å². The highest BCUT2D eigenvalue weighted by molar-refractivity contribution is 6.52. The van der Waals surface area contributed by atoms with Crippen LogP contribution in [-0.4, -0.2) is 56.2 Å². The Hall–Kier alpha value is -5.44. The van der Waals surface area contributed by atoms with Gasteiger partial charge in [0.25, 0.3) is 17.6 Å². The van der Waals surface area contributed by atoms with E-state index in [0.717, 1.165) is 16.8 Å². The summed E-state index contributed by atoms with van der Waals surface area (Å²) in [5, 5.41) is 2.97. The van der Waals surface area contributed by atoms with Gasteiger partial charge in [0.1, 0.15) is 18.3 Å². The van der Waals surface area contributed by atoms with Crippen molar-refractivity contribution in [1.82, 2.24) is 4.90 Å². The van der Waals surface area contributed by atoms with Gasteiger partial charge in [-0.2, -0.15) is 0 Å². The van der Waals surface area contributed by atoms with Crippen LogP contribution in [0.25, 0.3) is 0 Å². The summed E-state index contributed by atoms with van der Waals surface area (Å²) in [5.74, 6) is -1.77. The maximum atomic E-state index is 14.3. The number of ether oxygens (including phenoxy) is 1. The molecule has 1 N–H and O–H groups in total. The van der Waals surface area contributed by atoms with Crippen LogP contribution in [-0.2, 0) is 20.9 Å². The molecular formula is C35H34N4O5. The zero-order valence-electron chi connectivity index (χ0n) is 25.1. The first-order valence-corrected chi connectivity index (χ1v) is 14.2. The van der Waals surface area contributed by atoms with Crippen molar-refractivity contribution in [2.75, 3.05) is 42.9 Å². The van der Waals surface area contributed by atoms with Crippen LogP contribution >= 0.6 is 0 Å². The molecule has 5 rings (SSSR count). The van der Waals surface area contributed by atoms with Gasteiger partial charge in [0.05, 0.1) is 18.4 Å². The van der Waals surface area contributed by atoms with Crippen LogP contribution in [0.4, 0.5) is 17.1 Å². The Morgan fingerprint density at radius 3 is 2.16 bits per heavy atom. The fourth-order valence-electron chi connectivity index (χ4n) is 5.16. The van der Waals surface area contributed by atoms with Gasteiger partial charge < -0.3 is 19.9 Å². The Kier molecular flexibility index (Phi) is 8.76. The fourth-order valence-corrected chi connectivity index (χ4v) is 5.16. The largest absolute Gasteiger partial charge is 0.497 e. The van der Waals surface area contributed by atoms with Gasteiger partial charge in [-0.05, 0) is 66.6 Å². The normalized spacial score (nSPS) is 12.9. The molecule has 1 atom stereocenters. The number of benzene rings is 4. The van der Waals surface area contributed by atoms with Gasteiger partial charge in [-0.25, -0.2) is 0 Å². The minimum atomic E-state index is -1.08. The Balaban J connectivity index is 1.54. The van der Waals surface area contributed by atoms with E-state index in [1.165, 1.54) is 9.80 Å². The first kappa shape index (κ1) is 30.0. The molecule has 1 aliphatic rings. The van der Waals surface area contributed by atoms with Gasteiger partial charge in [0.2, 0.25) is 5.91 Å². The molecule has 0 radical (unpaired) electrons. The van der Waals surface area contributed by atoms with Gasteiger partial charge in [0, 0.05) is 32.0 Å². The second-order valence-electron chi connectivity index (χ2n) is 10.9. The summed E-state index contributed by atoms with van der Waals surface area (Å²) in [7, 11) is 5.41. The number of hydrogen-bond donors (Lipinski definition) is 1. The maximum absolute atomic E-state index is 14.3. The molecule has 0 fully saturated rings. The highest BCUT2D eigenvalue weighted by Gasteiger charge is 2.39. The topological polar surface area (TPSA) is 99.3 Å². The molecule has 4 aromatic rings. The first-order valence-electron chi connectivity index (χ1n) is 14.2. The monoisotopic (exact) mass is 590 g/mol. The predicted molar refractivity (Wildman–Crippen MR) is 170 cm³/mol. The number of amides is 3. The van der Waals surface area contributed by atoms with E-state index in [1.54, 1.807) is 67.8 Å². The molecule has 1 heterocycles. The van der Waals surface area contributed by atoms with Crippen LogP contribution in [0.15, 0.2) is 97.1 Å². The third kappa shape index (κ3) is 6.32. The second kappa shape index (κ2) is 12.8. The van der Waals surface area contributed by atoms with Gasteiger partial charge in [-0.15, -0.1) is 0 Å². The third-order valence-corrected chi connectivity index (χ3v) is 7.61. The number of aryl methyl sites for hydroxylation is 1. The summed E-state index contributed by atoms with van der Waals surface area (Å²) in [4.78, 5) is 58.7. The van der Waals surface area contributed by atoms with Crippen LogP contribution in [0.1, 0.15) is 33.1 Å². The molecule has 0 bridgehead atoms. The lowest BCUT2D eigenvalue weighted by molar-refractivity contribution is -0.139. The molecule has 9 nitrogen and oxygen atoms in total. The van der Waals surface area contributed by atoms with Crippen molar-refractivity contribution in [2.45, 2.75) is 19.5 Å². The van der Waals surface area contributed by atoms with Gasteiger partial charge in [-0.3, -0.25) is 24.1 Å². The van der Waals surface area contributed by atoms with Crippen molar-refractivity contribution >= 4 is 40.6 Å². The summed E-state index contributed by atoms with van der Waals surface area (Å²) >= 11 is 0. The number of methoxy groups -OCH3 is 1. The number of hydrogen-bond acceptors (Lipinski definition) is 6. The molecule has 1 aliphatic heterocycles. The Bertz CT molecular complexity index is 1680. The first-order chi connectivity index (χ1) is 21.2. The third-order valence-electron chi connectivity index (χ3n) is 7.61. The molecule has 0 saturated carbocycles. The number of nitrogens with zero attached hydrogens (tertiary/aromatic N) is 3. The lowest BCUT2D eigenvalue weighted by Crippen LogP contribution is -2.46. The number of nitrogens with one attached hydrogen (secondary N) is 1. The number of para-hydroxylation sites is 1. The van der Waals surface area contributed by atoms with Crippen LogP contribution < -0.4 is 19.9 Å². The van der Waals surface area contributed by atoms with E-state index in [-0.39, 0.29) is 12.1 Å². The van der Waals surface area contributed by atoms with Crippen LogP contribution in [0.2, 0.25) is 0 Å². The van der Waals surface area contributed by atoms with E-state index >= 15 is 0 Å². The molecule has 44 heavy (non-hydrogen) atoms. The maximum Gasteiger partial charge on any atom is 0.299 e. The van der Waals surface area contributed by atoms with Crippen molar-refractivity contribution in [2.24, 2.45) is 0 Å². The summed E-state index contributed by atoms with van der Waals surface area (Å²) < 4.78 is 5.33. The number of carbonyl (C=O) groups is 4.